The maximum atomic E-state index is 13.4. The van der Waals surface area contributed by atoms with Crippen LogP contribution in [-0.4, -0.2) is 23.0 Å². The highest BCUT2D eigenvalue weighted by molar-refractivity contribution is 6.03. The van der Waals surface area contributed by atoms with Gasteiger partial charge in [0.25, 0.3) is 0 Å². The summed E-state index contributed by atoms with van der Waals surface area (Å²) in [6.45, 7) is 5.75. The molecule has 2 aromatic rings. The van der Waals surface area contributed by atoms with Crippen LogP contribution in [0.3, 0.4) is 0 Å². The largest absolute Gasteiger partial charge is 0.478 e. The van der Waals surface area contributed by atoms with Crippen molar-refractivity contribution < 1.29 is 32.6 Å². The maximum absolute atomic E-state index is 13.4. The van der Waals surface area contributed by atoms with Crippen LogP contribution in [0.25, 0.3) is 0 Å². The Labute approximate surface area is 191 Å². The Balaban J connectivity index is 1.96. The lowest BCUT2D eigenvalue weighted by atomic mass is 9.82. The van der Waals surface area contributed by atoms with Crippen molar-refractivity contribution in [2.75, 3.05) is 4.90 Å². The van der Waals surface area contributed by atoms with Gasteiger partial charge in [-0.1, -0.05) is 13.0 Å². The molecule has 5 nitrogen and oxygen atoms in total. The monoisotopic (exact) mass is 463 g/mol. The van der Waals surface area contributed by atoms with E-state index >= 15 is 0 Å². The minimum absolute atomic E-state index is 0.0393. The Kier molecular flexibility index (Phi) is 7.34. The molecule has 0 bridgehead atoms. The van der Waals surface area contributed by atoms with E-state index in [9.17, 15) is 27.9 Å². The average Bonchev–Trinajstić information content (AvgIpc) is 2.73. The number of carbonyl (C=O) groups is 2. The average molecular weight is 463 g/mol. The van der Waals surface area contributed by atoms with E-state index in [0.717, 1.165) is 37.8 Å². The van der Waals surface area contributed by atoms with Gasteiger partial charge in [0.2, 0.25) is 5.91 Å². The summed E-state index contributed by atoms with van der Waals surface area (Å²) in [5, 5.41) is 9.73. The molecule has 0 spiro atoms. The number of rotatable bonds is 6. The Morgan fingerprint density at radius 2 is 1.67 bits per heavy atom. The summed E-state index contributed by atoms with van der Waals surface area (Å²) >= 11 is 0. The van der Waals surface area contributed by atoms with Gasteiger partial charge in [-0.3, -0.25) is 4.79 Å². The molecule has 3 rings (SSSR count). The molecule has 0 radical (unpaired) electrons. The van der Waals surface area contributed by atoms with Crippen LogP contribution in [0, 0.1) is 11.8 Å². The fourth-order valence-electron chi connectivity index (χ4n) is 4.18. The van der Waals surface area contributed by atoms with Crippen LogP contribution in [0.1, 0.15) is 62.4 Å². The van der Waals surface area contributed by atoms with E-state index < -0.39 is 17.7 Å². The minimum Gasteiger partial charge on any atom is -0.478 e. The first-order valence-electron chi connectivity index (χ1n) is 11.0. The Morgan fingerprint density at radius 3 is 2.24 bits per heavy atom. The van der Waals surface area contributed by atoms with Crippen molar-refractivity contribution >= 4 is 17.6 Å². The molecule has 1 aliphatic rings. The second-order valence-electron chi connectivity index (χ2n) is 8.87. The van der Waals surface area contributed by atoms with Gasteiger partial charge in [-0.25, -0.2) is 4.79 Å². The van der Waals surface area contributed by atoms with E-state index in [2.05, 4.69) is 6.92 Å². The molecule has 1 amide bonds. The second-order valence-corrected chi connectivity index (χ2v) is 8.87. The number of aromatic carboxylic acids is 1. The summed E-state index contributed by atoms with van der Waals surface area (Å²) in [5.41, 5.74) is -0.754. The summed E-state index contributed by atoms with van der Waals surface area (Å²) in [6, 6.07) is 8.21. The molecule has 0 aliphatic heterocycles. The highest BCUT2D eigenvalue weighted by Crippen LogP contribution is 2.36. The maximum Gasteiger partial charge on any atom is 0.416 e. The van der Waals surface area contributed by atoms with E-state index in [0.29, 0.717) is 5.92 Å². The van der Waals surface area contributed by atoms with Crippen molar-refractivity contribution in [3.8, 4) is 11.5 Å². The number of alkyl halides is 3. The summed E-state index contributed by atoms with van der Waals surface area (Å²) in [6.07, 6.45) is -1.16. The van der Waals surface area contributed by atoms with E-state index in [-0.39, 0.29) is 40.6 Å². The van der Waals surface area contributed by atoms with Crippen molar-refractivity contribution in [1.82, 2.24) is 0 Å². The highest BCUT2D eigenvalue weighted by Gasteiger charge is 2.33. The fraction of sp³-hybridized carbons (Fsp3) is 0.440. The van der Waals surface area contributed by atoms with Gasteiger partial charge in [0, 0.05) is 18.0 Å². The molecule has 1 aliphatic carbocycles. The smallest absolute Gasteiger partial charge is 0.416 e. The van der Waals surface area contributed by atoms with Crippen LogP contribution >= 0.6 is 0 Å². The number of nitrogens with zero attached hydrogens (tertiary/aromatic N) is 1. The summed E-state index contributed by atoms with van der Waals surface area (Å²) in [5.74, 6) is -0.881. The summed E-state index contributed by atoms with van der Waals surface area (Å²) in [7, 11) is 0. The van der Waals surface area contributed by atoms with Crippen LogP contribution in [0.15, 0.2) is 42.5 Å². The van der Waals surface area contributed by atoms with Crippen LogP contribution in [-0.2, 0) is 11.0 Å². The van der Waals surface area contributed by atoms with Gasteiger partial charge < -0.3 is 14.7 Å². The second kappa shape index (κ2) is 9.85. The first-order valence-corrected chi connectivity index (χ1v) is 11.0. The number of halogens is 3. The van der Waals surface area contributed by atoms with E-state index in [1.807, 2.05) is 0 Å². The number of hydrogen-bond donors (Lipinski definition) is 1. The van der Waals surface area contributed by atoms with Crippen molar-refractivity contribution in [2.24, 2.45) is 11.8 Å². The lowest BCUT2D eigenvalue weighted by Gasteiger charge is -2.34. The molecule has 178 valence electrons. The highest BCUT2D eigenvalue weighted by atomic mass is 19.4. The van der Waals surface area contributed by atoms with Crippen LogP contribution in [0.4, 0.5) is 18.9 Å². The minimum atomic E-state index is -4.52. The third-order valence-electron chi connectivity index (χ3n) is 5.98. The van der Waals surface area contributed by atoms with Crippen molar-refractivity contribution in [3.63, 3.8) is 0 Å². The predicted octanol–water partition coefficient (Wildman–Crippen LogP) is 6.76. The Morgan fingerprint density at radius 1 is 1.03 bits per heavy atom. The van der Waals surface area contributed by atoms with Crippen LogP contribution in [0.5, 0.6) is 11.5 Å². The third kappa shape index (κ3) is 5.86. The molecule has 1 fully saturated rings. The molecule has 0 unspecified atom stereocenters. The molecule has 0 atom stereocenters. The van der Waals surface area contributed by atoms with Crippen LogP contribution < -0.4 is 9.64 Å². The topological polar surface area (TPSA) is 66.8 Å². The first-order chi connectivity index (χ1) is 15.5. The number of ether oxygens (including phenoxy) is 1. The summed E-state index contributed by atoms with van der Waals surface area (Å²) in [4.78, 5) is 26.8. The number of carboxylic acid groups (broad SMARTS) is 1. The number of hydrogen-bond acceptors (Lipinski definition) is 3. The van der Waals surface area contributed by atoms with Crippen LogP contribution in [0.2, 0.25) is 0 Å². The molecule has 0 saturated heterocycles. The van der Waals surface area contributed by atoms with E-state index in [4.69, 9.17) is 4.74 Å². The van der Waals surface area contributed by atoms with Gasteiger partial charge in [0.15, 0.2) is 0 Å². The molecule has 0 heterocycles. The number of benzene rings is 2. The van der Waals surface area contributed by atoms with Gasteiger partial charge in [0.05, 0.1) is 16.8 Å². The third-order valence-corrected chi connectivity index (χ3v) is 5.98. The molecule has 8 heteroatoms. The lowest BCUT2D eigenvalue weighted by Crippen LogP contribution is -2.43. The van der Waals surface area contributed by atoms with Crippen molar-refractivity contribution in [3.05, 3.63) is 53.6 Å². The Hall–Kier alpha value is -3.03. The zero-order valence-corrected chi connectivity index (χ0v) is 18.9. The van der Waals surface area contributed by atoms with Crippen molar-refractivity contribution in [2.45, 2.75) is 58.7 Å². The number of anilines is 1. The number of carbonyl (C=O) groups excluding carboxylic acids is 1. The number of amides is 1. The fourth-order valence-corrected chi connectivity index (χ4v) is 4.18. The molecular weight excluding hydrogens is 435 g/mol. The SMILES string of the molecule is CC1CCC(C(=O)N(c2cc(Oc3cccc(C(F)(F)F)c3)ccc2C(=O)O)C(C)C)CC1. The van der Waals surface area contributed by atoms with Gasteiger partial charge in [0.1, 0.15) is 11.5 Å². The molecule has 1 saturated carbocycles. The molecule has 1 N–H and O–H groups in total. The normalized spacial score (nSPS) is 18.8. The lowest BCUT2D eigenvalue weighted by molar-refractivity contribution is -0.137. The van der Waals surface area contributed by atoms with Gasteiger partial charge >= 0.3 is 12.1 Å². The molecule has 33 heavy (non-hydrogen) atoms. The van der Waals surface area contributed by atoms with Gasteiger partial charge in [-0.05, 0) is 75.8 Å². The Bertz CT molecular complexity index is 1010. The van der Waals surface area contributed by atoms with E-state index in [1.54, 1.807) is 13.8 Å². The van der Waals surface area contributed by atoms with Gasteiger partial charge in [-0.2, -0.15) is 13.2 Å². The quantitative estimate of drug-likeness (QED) is 0.514. The molecule has 0 aromatic heterocycles. The standard InChI is InChI=1S/C25H28F3NO4/c1-15(2)29(23(30)17-9-7-16(3)8-10-17)22-14-20(11-12-21(22)24(31)32)33-19-6-4-5-18(13-19)25(26,27)28/h4-6,11-17H,7-10H2,1-3H3,(H,31,32). The zero-order valence-electron chi connectivity index (χ0n) is 18.9. The van der Waals surface area contributed by atoms with E-state index in [1.165, 1.54) is 35.2 Å². The zero-order chi connectivity index (χ0) is 24.3. The molecule has 2 aromatic carbocycles. The first kappa shape index (κ1) is 24.6. The summed E-state index contributed by atoms with van der Waals surface area (Å²) < 4.78 is 44.7. The predicted molar refractivity (Wildman–Crippen MR) is 119 cm³/mol. The number of carboxylic acids is 1. The van der Waals surface area contributed by atoms with Gasteiger partial charge in [-0.15, -0.1) is 0 Å². The molecular formula is C25H28F3NO4. The van der Waals surface area contributed by atoms with Crippen molar-refractivity contribution in [1.29, 1.82) is 0 Å².